The van der Waals surface area contributed by atoms with Gasteiger partial charge in [-0.2, -0.15) is 0 Å². The van der Waals surface area contributed by atoms with Gasteiger partial charge in [0.05, 0.1) is 0 Å². The summed E-state index contributed by atoms with van der Waals surface area (Å²) in [4.78, 5) is 16.4. The van der Waals surface area contributed by atoms with Crippen LogP contribution in [0.4, 0.5) is 4.79 Å². The number of benzene rings is 1. The second-order valence-corrected chi connectivity index (χ2v) is 5.53. The highest BCUT2D eigenvalue weighted by molar-refractivity contribution is 5.67. The SMILES string of the molecule is CCC(CC)N1CCN(C(=O)OCc2ccccc2)CC1. The van der Waals surface area contributed by atoms with Gasteiger partial charge in [0.25, 0.3) is 0 Å². The van der Waals surface area contributed by atoms with Crippen LogP contribution in [0.1, 0.15) is 32.3 Å². The number of hydrogen-bond donors (Lipinski definition) is 0. The monoisotopic (exact) mass is 290 g/mol. The molecule has 0 radical (unpaired) electrons. The van der Waals surface area contributed by atoms with E-state index in [0.29, 0.717) is 12.6 Å². The van der Waals surface area contributed by atoms with Crippen molar-refractivity contribution in [1.29, 1.82) is 0 Å². The van der Waals surface area contributed by atoms with Crippen LogP contribution in [0.15, 0.2) is 30.3 Å². The van der Waals surface area contributed by atoms with Crippen molar-refractivity contribution in [2.45, 2.75) is 39.3 Å². The average Bonchev–Trinajstić information content (AvgIpc) is 2.55. The van der Waals surface area contributed by atoms with Crippen LogP contribution in [0.2, 0.25) is 0 Å². The first kappa shape index (κ1) is 15.8. The minimum atomic E-state index is -0.192. The molecule has 0 aliphatic carbocycles. The van der Waals surface area contributed by atoms with Crippen LogP contribution in [0.3, 0.4) is 0 Å². The predicted octanol–water partition coefficient (Wildman–Crippen LogP) is 3.13. The molecule has 0 spiro atoms. The molecule has 1 heterocycles. The van der Waals surface area contributed by atoms with Gasteiger partial charge in [-0.25, -0.2) is 4.79 Å². The van der Waals surface area contributed by atoms with E-state index in [1.165, 1.54) is 12.8 Å². The highest BCUT2D eigenvalue weighted by atomic mass is 16.6. The Balaban J connectivity index is 1.75. The number of rotatable bonds is 5. The Morgan fingerprint density at radius 3 is 2.29 bits per heavy atom. The first-order valence-corrected chi connectivity index (χ1v) is 7.94. The zero-order valence-corrected chi connectivity index (χ0v) is 13.1. The lowest BCUT2D eigenvalue weighted by molar-refractivity contribution is 0.0583. The zero-order chi connectivity index (χ0) is 15.1. The van der Waals surface area contributed by atoms with Crippen LogP contribution in [-0.4, -0.2) is 48.1 Å². The molecule has 0 unspecified atom stereocenters. The summed E-state index contributed by atoms with van der Waals surface area (Å²) in [5.41, 5.74) is 1.03. The fraction of sp³-hybridized carbons (Fsp3) is 0.588. The molecule has 2 rings (SSSR count). The van der Waals surface area contributed by atoms with Gasteiger partial charge in [0.15, 0.2) is 0 Å². The predicted molar refractivity (Wildman–Crippen MR) is 84.1 cm³/mol. The van der Waals surface area contributed by atoms with Crippen LogP contribution >= 0.6 is 0 Å². The van der Waals surface area contributed by atoms with Crippen LogP contribution in [0.5, 0.6) is 0 Å². The van der Waals surface area contributed by atoms with Crippen molar-refractivity contribution >= 4 is 6.09 Å². The number of piperazine rings is 1. The second-order valence-electron chi connectivity index (χ2n) is 5.53. The third-order valence-corrected chi connectivity index (χ3v) is 4.24. The molecule has 21 heavy (non-hydrogen) atoms. The summed E-state index contributed by atoms with van der Waals surface area (Å²) in [6.45, 7) is 8.25. The lowest BCUT2D eigenvalue weighted by Crippen LogP contribution is -2.51. The lowest BCUT2D eigenvalue weighted by Gasteiger charge is -2.38. The Hall–Kier alpha value is -1.55. The van der Waals surface area contributed by atoms with Crippen molar-refractivity contribution < 1.29 is 9.53 Å². The molecule has 0 saturated carbocycles. The summed E-state index contributed by atoms with van der Waals surface area (Å²) in [7, 11) is 0. The minimum Gasteiger partial charge on any atom is -0.445 e. The Kier molecular flexibility index (Phi) is 6.05. The summed E-state index contributed by atoms with van der Waals surface area (Å²) in [6, 6.07) is 10.5. The topological polar surface area (TPSA) is 32.8 Å². The molecule has 0 bridgehead atoms. The van der Waals surface area contributed by atoms with Crippen molar-refractivity contribution in [1.82, 2.24) is 9.80 Å². The molecular formula is C17H26N2O2. The first-order valence-electron chi connectivity index (χ1n) is 7.94. The van der Waals surface area contributed by atoms with E-state index in [4.69, 9.17) is 4.74 Å². The van der Waals surface area contributed by atoms with Crippen LogP contribution in [-0.2, 0) is 11.3 Å². The largest absolute Gasteiger partial charge is 0.445 e. The van der Waals surface area contributed by atoms with Gasteiger partial charge in [0.1, 0.15) is 6.61 Å². The van der Waals surface area contributed by atoms with Crippen LogP contribution in [0.25, 0.3) is 0 Å². The molecule has 1 amide bonds. The minimum absolute atomic E-state index is 0.192. The molecule has 1 aromatic rings. The molecule has 0 atom stereocenters. The summed E-state index contributed by atoms with van der Waals surface area (Å²) >= 11 is 0. The number of carbonyl (C=O) groups is 1. The van der Waals surface area contributed by atoms with E-state index >= 15 is 0 Å². The normalized spacial score (nSPS) is 16.2. The molecule has 116 valence electrons. The van der Waals surface area contributed by atoms with Gasteiger partial charge < -0.3 is 9.64 Å². The van der Waals surface area contributed by atoms with Gasteiger partial charge in [0, 0.05) is 32.2 Å². The molecule has 1 aliphatic heterocycles. The number of carbonyl (C=O) groups excluding carboxylic acids is 1. The van der Waals surface area contributed by atoms with Crippen LogP contribution in [0, 0.1) is 0 Å². The third-order valence-electron chi connectivity index (χ3n) is 4.24. The molecule has 1 fully saturated rings. The third kappa shape index (κ3) is 4.46. The molecule has 4 nitrogen and oxygen atoms in total. The van der Waals surface area contributed by atoms with Gasteiger partial charge in [0.2, 0.25) is 0 Å². The Bertz CT molecular complexity index is 424. The summed E-state index contributed by atoms with van der Waals surface area (Å²) < 4.78 is 5.38. The van der Waals surface area contributed by atoms with E-state index in [1.54, 1.807) is 0 Å². The fourth-order valence-corrected chi connectivity index (χ4v) is 2.89. The molecule has 0 aromatic heterocycles. The number of hydrogen-bond acceptors (Lipinski definition) is 3. The summed E-state index contributed by atoms with van der Waals surface area (Å²) in [6.07, 6.45) is 2.16. The quantitative estimate of drug-likeness (QED) is 0.835. The molecule has 0 N–H and O–H groups in total. The van der Waals surface area contributed by atoms with Gasteiger partial charge in [-0.1, -0.05) is 44.2 Å². The van der Waals surface area contributed by atoms with E-state index in [2.05, 4.69) is 18.7 Å². The summed E-state index contributed by atoms with van der Waals surface area (Å²) in [5.74, 6) is 0. The Labute approximate surface area is 127 Å². The van der Waals surface area contributed by atoms with E-state index in [0.717, 1.165) is 31.7 Å². The van der Waals surface area contributed by atoms with Crippen molar-refractivity contribution in [3.63, 3.8) is 0 Å². The highest BCUT2D eigenvalue weighted by Gasteiger charge is 2.25. The van der Waals surface area contributed by atoms with Gasteiger partial charge in [-0.15, -0.1) is 0 Å². The molecule has 4 heteroatoms. The Morgan fingerprint density at radius 1 is 1.10 bits per heavy atom. The second kappa shape index (κ2) is 8.03. The number of nitrogens with zero attached hydrogens (tertiary/aromatic N) is 2. The van der Waals surface area contributed by atoms with Gasteiger partial charge in [-0.05, 0) is 18.4 Å². The van der Waals surface area contributed by atoms with Gasteiger partial charge in [-0.3, -0.25) is 4.90 Å². The molecular weight excluding hydrogens is 264 g/mol. The zero-order valence-electron chi connectivity index (χ0n) is 13.1. The Morgan fingerprint density at radius 2 is 1.71 bits per heavy atom. The van der Waals surface area contributed by atoms with E-state index in [1.807, 2.05) is 35.2 Å². The average molecular weight is 290 g/mol. The molecule has 1 aromatic carbocycles. The maximum absolute atomic E-state index is 12.1. The van der Waals surface area contributed by atoms with Crippen molar-refractivity contribution in [2.75, 3.05) is 26.2 Å². The van der Waals surface area contributed by atoms with Gasteiger partial charge >= 0.3 is 6.09 Å². The van der Waals surface area contributed by atoms with E-state index in [9.17, 15) is 4.79 Å². The van der Waals surface area contributed by atoms with E-state index < -0.39 is 0 Å². The lowest BCUT2D eigenvalue weighted by atomic mass is 10.1. The fourth-order valence-electron chi connectivity index (χ4n) is 2.89. The molecule has 1 aliphatic rings. The first-order chi connectivity index (χ1) is 10.2. The summed E-state index contributed by atoms with van der Waals surface area (Å²) in [5, 5.41) is 0. The van der Waals surface area contributed by atoms with Crippen molar-refractivity contribution in [3.8, 4) is 0 Å². The van der Waals surface area contributed by atoms with Crippen molar-refractivity contribution in [2.24, 2.45) is 0 Å². The smallest absolute Gasteiger partial charge is 0.410 e. The maximum Gasteiger partial charge on any atom is 0.410 e. The highest BCUT2D eigenvalue weighted by Crippen LogP contribution is 2.13. The molecule has 1 saturated heterocycles. The van der Waals surface area contributed by atoms with E-state index in [-0.39, 0.29) is 6.09 Å². The van der Waals surface area contributed by atoms with Crippen molar-refractivity contribution in [3.05, 3.63) is 35.9 Å². The number of amides is 1. The maximum atomic E-state index is 12.1. The number of ether oxygens (including phenoxy) is 1. The standard InChI is InChI=1S/C17H26N2O2/c1-3-16(4-2)18-10-12-19(13-11-18)17(20)21-14-15-8-6-5-7-9-15/h5-9,16H,3-4,10-14H2,1-2H3. The van der Waals surface area contributed by atoms with Crippen LogP contribution < -0.4 is 0 Å².